The molecule has 4 heteroatoms. The minimum absolute atomic E-state index is 0.0505. The molecule has 0 fully saturated rings. The van der Waals surface area contributed by atoms with Gasteiger partial charge in [0.25, 0.3) is 0 Å². The summed E-state index contributed by atoms with van der Waals surface area (Å²) < 4.78 is 0. The van der Waals surface area contributed by atoms with Gasteiger partial charge in [0.2, 0.25) is 5.91 Å². The molecule has 0 aliphatic heterocycles. The predicted octanol–water partition coefficient (Wildman–Crippen LogP) is 2.16. The smallest absolute Gasteiger partial charge is 0.224 e. The molecule has 0 saturated heterocycles. The predicted molar refractivity (Wildman–Crippen MR) is 79.8 cm³/mol. The molecule has 3 N–H and O–H groups in total. The number of hydrogen-bond acceptors (Lipinski definition) is 3. The first-order valence-corrected chi connectivity index (χ1v) is 6.57. The minimum Gasteiger partial charge on any atom is -0.508 e. The maximum atomic E-state index is 11.7. The Hall–Kier alpha value is -2.49. The minimum atomic E-state index is -0.0505. The number of anilines is 1. The Kier molecular flexibility index (Phi) is 5.00. The maximum absolute atomic E-state index is 11.7. The molecule has 0 aliphatic carbocycles. The molecule has 0 atom stereocenters. The van der Waals surface area contributed by atoms with E-state index in [0.29, 0.717) is 13.1 Å². The second kappa shape index (κ2) is 7.19. The van der Waals surface area contributed by atoms with Crippen molar-refractivity contribution in [3.05, 3.63) is 60.2 Å². The number of amides is 1. The van der Waals surface area contributed by atoms with Gasteiger partial charge in [-0.05, 0) is 29.8 Å². The number of hydrogen-bond donors (Lipinski definition) is 3. The third-order valence-electron chi connectivity index (χ3n) is 2.83. The molecule has 0 radical (unpaired) electrons. The number of benzene rings is 2. The number of para-hydroxylation sites is 1. The molecule has 0 saturated carbocycles. The van der Waals surface area contributed by atoms with Gasteiger partial charge in [0, 0.05) is 18.8 Å². The van der Waals surface area contributed by atoms with Gasteiger partial charge in [-0.25, -0.2) is 0 Å². The average molecular weight is 270 g/mol. The highest BCUT2D eigenvalue weighted by Gasteiger charge is 2.03. The van der Waals surface area contributed by atoms with Crippen LogP contribution in [0.2, 0.25) is 0 Å². The van der Waals surface area contributed by atoms with Crippen molar-refractivity contribution < 1.29 is 9.90 Å². The zero-order chi connectivity index (χ0) is 14.2. The summed E-state index contributed by atoms with van der Waals surface area (Å²) in [6, 6.07) is 16.6. The van der Waals surface area contributed by atoms with Crippen molar-refractivity contribution in [1.82, 2.24) is 5.32 Å². The summed E-state index contributed by atoms with van der Waals surface area (Å²) in [5.74, 6) is 0.131. The molecule has 0 unspecified atom stereocenters. The number of carbonyl (C=O) groups is 1. The lowest BCUT2D eigenvalue weighted by Gasteiger charge is -2.08. The lowest BCUT2D eigenvalue weighted by molar-refractivity contribution is -0.120. The molecule has 0 heterocycles. The lowest BCUT2D eigenvalue weighted by atomic mass is 10.1. The van der Waals surface area contributed by atoms with E-state index in [9.17, 15) is 9.90 Å². The molecular formula is C16H18N2O2. The second-order valence-corrected chi connectivity index (χ2v) is 4.49. The van der Waals surface area contributed by atoms with Crippen LogP contribution in [0.25, 0.3) is 0 Å². The van der Waals surface area contributed by atoms with Gasteiger partial charge in [-0.1, -0.05) is 30.3 Å². The zero-order valence-corrected chi connectivity index (χ0v) is 11.2. The number of aromatic hydroxyl groups is 1. The van der Waals surface area contributed by atoms with Crippen molar-refractivity contribution in [1.29, 1.82) is 0 Å². The summed E-state index contributed by atoms with van der Waals surface area (Å²) in [5.41, 5.74) is 1.84. The van der Waals surface area contributed by atoms with E-state index in [-0.39, 0.29) is 18.1 Å². The first kappa shape index (κ1) is 13.9. The van der Waals surface area contributed by atoms with Crippen LogP contribution in [-0.2, 0) is 11.2 Å². The maximum Gasteiger partial charge on any atom is 0.224 e. The van der Waals surface area contributed by atoms with Crippen molar-refractivity contribution in [2.24, 2.45) is 0 Å². The Morgan fingerprint density at radius 2 is 1.80 bits per heavy atom. The van der Waals surface area contributed by atoms with E-state index in [0.717, 1.165) is 11.3 Å². The Labute approximate surface area is 118 Å². The third-order valence-corrected chi connectivity index (χ3v) is 2.83. The molecule has 0 bridgehead atoms. The highest BCUT2D eigenvalue weighted by Crippen LogP contribution is 2.11. The Morgan fingerprint density at radius 3 is 2.55 bits per heavy atom. The van der Waals surface area contributed by atoms with Crippen LogP contribution in [0, 0.1) is 0 Å². The van der Waals surface area contributed by atoms with Crippen molar-refractivity contribution in [3.63, 3.8) is 0 Å². The summed E-state index contributed by atoms with van der Waals surface area (Å²) in [6.07, 6.45) is 0.278. The van der Waals surface area contributed by atoms with Gasteiger partial charge < -0.3 is 15.7 Å². The van der Waals surface area contributed by atoms with E-state index in [4.69, 9.17) is 0 Å². The van der Waals surface area contributed by atoms with Gasteiger partial charge in [-0.15, -0.1) is 0 Å². The fourth-order valence-electron chi connectivity index (χ4n) is 1.88. The van der Waals surface area contributed by atoms with Gasteiger partial charge in [0.1, 0.15) is 5.75 Å². The lowest BCUT2D eigenvalue weighted by Crippen LogP contribution is -2.29. The van der Waals surface area contributed by atoms with Crippen molar-refractivity contribution in [3.8, 4) is 5.75 Å². The van der Waals surface area contributed by atoms with E-state index < -0.39 is 0 Å². The Bertz CT molecular complexity index is 555. The van der Waals surface area contributed by atoms with Crippen LogP contribution in [0.4, 0.5) is 5.69 Å². The fraction of sp³-hybridized carbons (Fsp3) is 0.188. The monoisotopic (exact) mass is 270 g/mol. The van der Waals surface area contributed by atoms with Gasteiger partial charge in [0.15, 0.2) is 0 Å². The number of nitrogens with one attached hydrogen (secondary N) is 2. The molecule has 0 aliphatic rings. The molecule has 2 aromatic rings. The summed E-state index contributed by atoms with van der Waals surface area (Å²) in [5, 5.41) is 15.4. The van der Waals surface area contributed by atoms with Crippen LogP contribution in [-0.4, -0.2) is 24.1 Å². The fourth-order valence-corrected chi connectivity index (χ4v) is 1.88. The van der Waals surface area contributed by atoms with Crippen LogP contribution in [0.15, 0.2) is 54.6 Å². The van der Waals surface area contributed by atoms with E-state index in [1.54, 1.807) is 18.2 Å². The quantitative estimate of drug-likeness (QED) is 0.705. The van der Waals surface area contributed by atoms with Gasteiger partial charge in [-0.3, -0.25) is 4.79 Å². The first-order valence-electron chi connectivity index (χ1n) is 6.57. The molecule has 20 heavy (non-hydrogen) atoms. The van der Waals surface area contributed by atoms with Crippen LogP contribution < -0.4 is 10.6 Å². The summed E-state index contributed by atoms with van der Waals surface area (Å²) in [7, 11) is 0. The SMILES string of the molecule is O=C(Cc1cccc(O)c1)NCCNc1ccccc1. The van der Waals surface area contributed by atoms with Crippen LogP contribution in [0.5, 0.6) is 5.75 Å². The summed E-state index contributed by atoms with van der Waals surface area (Å²) in [6.45, 7) is 1.24. The highest BCUT2D eigenvalue weighted by atomic mass is 16.3. The van der Waals surface area contributed by atoms with Crippen molar-refractivity contribution >= 4 is 11.6 Å². The number of rotatable bonds is 6. The van der Waals surface area contributed by atoms with E-state index >= 15 is 0 Å². The molecule has 104 valence electrons. The number of phenols is 1. The average Bonchev–Trinajstić information content (AvgIpc) is 2.45. The normalized spacial score (nSPS) is 10.0. The molecule has 4 nitrogen and oxygen atoms in total. The largest absolute Gasteiger partial charge is 0.508 e. The molecular weight excluding hydrogens is 252 g/mol. The standard InChI is InChI=1S/C16H18N2O2/c19-15-8-4-5-13(11-15)12-16(20)18-10-9-17-14-6-2-1-3-7-14/h1-8,11,17,19H,9-10,12H2,(H,18,20). The molecule has 1 amide bonds. The second-order valence-electron chi connectivity index (χ2n) is 4.49. The topological polar surface area (TPSA) is 61.4 Å². The molecule has 2 aromatic carbocycles. The Morgan fingerprint density at radius 1 is 1.00 bits per heavy atom. The molecule has 0 spiro atoms. The van der Waals surface area contributed by atoms with Crippen molar-refractivity contribution in [2.75, 3.05) is 18.4 Å². The van der Waals surface area contributed by atoms with Crippen LogP contribution in [0.1, 0.15) is 5.56 Å². The van der Waals surface area contributed by atoms with Crippen LogP contribution >= 0.6 is 0 Å². The van der Waals surface area contributed by atoms with E-state index in [1.807, 2.05) is 36.4 Å². The van der Waals surface area contributed by atoms with Crippen molar-refractivity contribution in [2.45, 2.75) is 6.42 Å². The summed E-state index contributed by atoms with van der Waals surface area (Å²) >= 11 is 0. The number of phenolic OH excluding ortho intramolecular Hbond substituents is 1. The van der Waals surface area contributed by atoms with Crippen LogP contribution in [0.3, 0.4) is 0 Å². The number of carbonyl (C=O) groups excluding carboxylic acids is 1. The zero-order valence-electron chi connectivity index (χ0n) is 11.2. The Balaban J connectivity index is 1.68. The molecule has 0 aromatic heterocycles. The van der Waals surface area contributed by atoms with Gasteiger partial charge in [-0.2, -0.15) is 0 Å². The van der Waals surface area contributed by atoms with E-state index in [1.165, 1.54) is 0 Å². The summed E-state index contributed by atoms with van der Waals surface area (Å²) in [4.78, 5) is 11.7. The highest BCUT2D eigenvalue weighted by molar-refractivity contribution is 5.78. The van der Waals surface area contributed by atoms with Gasteiger partial charge in [0.05, 0.1) is 6.42 Å². The first-order chi connectivity index (χ1) is 9.74. The molecule has 2 rings (SSSR count). The third kappa shape index (κ3) is 4.65. The van der Waals surface area contributed by atoms with E-state index in [2.05, 4.69) is 10.6 Å². The van der Waals surface area contributed by atoms with Gasteiger partial charge >= 0.3 is 0 Å².